The highest BCUT2D eigenvalue weighted by molar-refractivity contribution is 6.07. The Balaban J connectivity index is 2.53. The second kappa shape index (κ2) is 9.62. The van der Waals surface area contributed by atoms with Crippen LogP contribution in [-0.2, 0) is 16.1 Å². The molecule has 0 aliphatic rings. The number of hydrogen-bond donors (Lipinski definition) is 1. The van der Waals surface area contributed by atoms with Crippen LogP contribution in [0.5, 0.6) is 11.5 Å². The Morgan fingerprint density at radius 3 is 2.17 bits per heavy atom. The van der Waals surface area contributed by atoms with E-state index >= 15 is 0 Å². The summed E-state index contributed by atoms with van der Waals surface area (Å²) in [7, 11) is 4.47. The van der Waals surface area contributed by atoms with E-state index in [4.69, 9.17) is 19.0 Å². The molecule has 30 heavy (non-hydrogen) atoms. The largest absolute Gasteiger partial charge is 0.493 e. The van der Waals surface area contributed by atoms with E-state index in [-0.39, 0.29) is 12.5 Å². The van der Waals surface area contributed by atoms with Gasteiger partial charge in [-0.15, -0.1) is 0 Å². The van der Waals surface area contributed by atoms with Crippen molar-refractivity contribution in [1.82, 2.24) is 15.4 Å². The molecule has 0 radical (unpaired) electrons. The summed E-state index contributed by atoms with van der Waals surface area (Å²) in [4.78, 5) is 34.5. The zero-order valence-electron chi connectivity index (χ0n) is 18.5. The molecule has 0 aliphatic carbocycles. The minimum absolute atomic E-state index is 0.108. The van der Waals surface area contributed by atoms with Gasteiger partial charge in [-0.25, -0.2) is 9.86 Å². The van der Waals surface area contributed by atoms with Crippen LogP contribution < -0.4 is 14.8 Å². The number of nitrogens with one attached hydrogen (secondary N) is 1. The second-order valence-corrected chi connectivity index (χ2v) is 7.41. The molecule has 0 atom stereocenters. The molecule has 1 N–H and O–H groups in total. The molecular formula is C21H29N3O6. The Bertz CT molecular complexity index is 919. The van der Waals surface area contributed by atoms with Crippen LogP contribution in [0.4, 0.5) is 4.79 Å². The van der Waals surface area contributed by atoms with Gasteiger partial charge in [0.15, 0.2) is 11.5 Å². The maximum Gasteiger partial charge on any atom is 0.407 e. The summed E-state index contributed by atoms with van der Waals surface area (Å²) in [6.45, 7) is 7.64. The molecule has 0 saturated heterocycles. The van der Waals surface area contributed by atoms with Crippen LogP contribution in [0.3, 0.4) is 0 Å². The molecule has 9 nitrogen and oxygen atoms in total. The predicted octanol–water partition coefficient (Wildman–Crippen LogP) is 3.30. The lowest BCUT2D eigenvalue weighted by atomic mass is 10.0. The fourth-order valence-electron chi connectivity index (χ4n) is 2.89. The molecule has 0 fully saturated rings. The number of aromatic nitrogens is 1. The highest BCUT2D eigenvalue weighted by Crippen LogP contribution is 2.35. The number of ether oxygens (including phenoxy) is 3. The van der Waals surface area contributed by atoms with Crippen LogP contribution in [0.1, 0.15) is 43.7 Å². The molecule has 1 aromatic heterocycles. The van der Waals surface area contributed by atoms with Gasteiger partial charge in [0, 0.05) is 23.5 Å². The molecule has 0 spiro atoms. The fraction of sp³-hybridized carbons (Fsp3) is 0.476. The number of rotatable bonds is 7. The molecular weight excluding hydrogens is 390 g/mol. The highest BCUT2D eigenvalue weighted by atomic mass is 16.7. The summed E-state index contributed by atoms with van der Waals surface area (Å²) in [5.74, 6) is 0.613. The molecule has 0 aliphatic heterocycles. The Labute approximate surface area is 176 Å². The van der Waals surface area contributed by atoms with E-state index in [0.29, 0.717) is 40.1 Å². The van der Waals surface area contributed by atoms with Crippen molar-refractivity contribution in [1.29, 1.82) is 0 Å². The molecule has 2 aromatic rings. The standard InChI is InChI=1S/C21H29N3O6/c1-8-24(29-7)19(25)15-11-22-16(12-23-20(26)30-21(2,3)4)14-10-18(28-6)17(27-5)9-13(14)15/h9-11H,8,12H2,1-7H3,(H,23,26). The first-order chi connectivity index (χ1) is 14.1. The first-order valence-corrected chi connectivity index (χ1v) is 9.51. The summed E-state index contributed by atoms with van der Waals surface area (Å²) in [6, 6.07) is 3.44. The van der Waals surface area contributed by atoms with Gasteiger partial charge < -0.3 is 19.5 Å². The molecule has 2 amide bonds. The van der Waals surface area contributed by atoms with Crippen molar-refractivity contribution in [3.63, 3.8) is 0 Å². The number of amides is 2. The van der Waals surface area contributed by atoms with Gasteiger partial charge in [0.05, 0.1) is 39.1 Å². The van der Waals surface area contributed by atoms with Crippen molar-refractivity contribution in [2.45, 2.75) is 39.8 Å². The summed E-state index contributed by atoms with van der Waals surface area (Å²) < 4.78 is 16.1. The fourth-order valence-corrected chi connectivity index (χ4v) is 2.89. The normalized spacial score (nSPS) is 11.2. The quantitative estimate of drug-likeness (QED) is 0.688. The lowest BCUT2D eigenvalue weighted by Gasteiger charge is -2.21. The van der Waals surface area contributed by atoms with E-state index in [1.54, 1.807) is 39.8 Å². The molecule has 2 rings (SSSR count). The third kappa shape index (κ3) is 5.29. The van der Waals surface area contributed by atoms with Gasteiger partial charge in [-0.3, -0.25) is 14.6 Å². The van der Waals surface area contributed by atoms with Crippen LogP contribution in [0.2, 0.25) is 0 Å². The molecule has 9 heteroatoms. The van der Waals surface area contributed by atoms with Gasteiger partial charge in [-0.05, 0) is 39.8 Å². The number of fused-ring (bicyclic) bond motifs is 1. The van der Waals surface area contributed by atoms with Crippen molar-refractivity contribution < 1.29 is 28.6 Å². The van der Waals surface area contributed by atoms with Gasteiger partial charge in [-0.2, -0.15) is 0 Å². The number of nitrogens with zero attached hydrogens (tertiary/aromatic N) is 2. The van der Waals surface area contributed by atoms with Crippen LogP contribution >= 0.6 is 0 Å². The Morgan fingerprint density at radius 1 is 1.07 bits per heavy atom. The number of benzene rings is 1. The first kappa shape index (κ1) is 23.2. The monoisotopic (exact) mass is 419 g/mol. The van der Waals surface area contributed by atoms with Gasteiger partial charge in [0.25, 0.3) is 5.91 Å². The number of carbonyl (C=O) groups excluding carboxylic acids is 2. The minimum Gasteiger partial charge on any atom is -0.493 e. The van der Waals surface area contributed by atoms with Gasteiger partial charge in [-0.1, -0.05) is 0 Å². The zero-order valence-corrected chi connectivity index (χ0v) is 18.5. The van der Waals surface area contributed by atoms with Gasteiger partial charge in [0.2, 0.25) is 0 Å². The smallest absolute Gasteiger partial charge is 0.407 e. The highest BCUT2D eigenvalue weighted by Gasteiger charge is 2.22. The van der Waals surface area contributed by atoms with E-state index < -0.39 is 11.7 Å². The molecule has 1 aromatic carbocycles. The van der Waals surface area contributed by atoms with Gasteiger partial charge in [0.1, 0.15) is 5.60 Å². The van der Waals surface area contributed by atoms with E-state index in [1.165, 1.54) is 32.6 Å². The minimum atomic E-state index is -0.615. The van der Waals surface area contributed by atoms with Crippen molar-refractivity contribution in [2.24, 2.45) is 0 Å². The van der Waals surface area contributed by atoms with E-state index in [2.05, 4.69) is 10.3 Å². The summed E-state index contributed by atoms with van der Waals surface area (Å²) in [6.07, 6.45) is 0.902. The number of hydroxylamine groups is 2. The van der Waals surface area contributed by atoms with Gasteiger partial charge >= 0.3 is 6.09 Å². The maximum absolute atomic E-state index is 12.9. The Morgan fingerprint density at radius 2 is 1.67 bits per heavy atom. The SMILES string of the molecule is CCN(OC)C(=O)c1cnc(CNC(=O)OC(C)(C)C)c2cc(OC)c(OC)cc12. The summed E-state index contributed by atoms with van der Waals surface area (Å²) >= 11 is 0. The van der Waals surface area contributed by atoms with Crippen molar-refractivity contribution in [3.8, 4) is 11.5 Å². The van der Waals surface area contributed by atoms with Crippen molar-refractivity contribution >= 4 is 22.8 Å². The van der Waals surface area contributed by atoms with Crippen LogP contribution in [0.15, 0.2) is 18.3 Å². The summed E-state index contributed by atoms with van der Waals surface area (Å²) in [5.41, 5.74) is 0.278. The lowest BCUT2D eigenvalue weighted by molar-refractivity contribution is -0.0914. The number of carbonyl (C=O) groups is 2. The van der Waals surface area contributed by atoms with E-state index in [1.807, 2.05) is 0 Å². The lowest BCUT2D eigenvalue weighted by Crippen LogP contribution is -2.32. The third-order valence-corrected chi connectivity index (χ3v) is 4.24. The van der Waals surface area contributed by atoms with Crippen molar-refractivity contribution in [2.75, 3.05) is 27.9 Å². The third-order valence-electron chi connectivity index (χ3n) is 4.24. The van der Waals surface area contributed by atoms with Crippen LogP contribution in [0, 0.1) is 0 Å². The molecule has 0 bridgehead atoms. The van der Waals surface area contributed by atoms with E-state index in [0.717, 1.165) is 0 Å². The Hall–Kier alpha value is -3.07. The number of methoxy groups -OCH3 is 2. The topological polar surface area (TPSA) is 99.2 Å². The predicted molar refractivity (Wildman–Crippen MR) is 112 cm³/mol. The zero-order chi connectivity index (χ0) is 22.5. The summed E-state index contributed by atoms with van der Waals surface area (Å²) in [5, 5.41) is 5.16. The molecule has 0 saturated carbocycles. The number of alkyl carbamates (subject to hydrolysis) is 1. The van der Waals surface area contributed by atoms with Crippen molar-refractivity contribution in [3.05, 3.63) is 29.6 Å². The van der Waals surface area contributed by atoms with E-state index in [9.17, 15) is 9.59 Å². The number of hydrogen-bond acceptors (Lipinski definition) is 7. The van der Waals surface area contributed by atoms with Crippen LogP contribution in [-0.4, -0.2) is 55.5 Å². The maximum atomic E-state index is 12.9. The first-order valence-electron chi connectivity index (χ1n) is 9.51. The number of pyridine rings is 1. The molecule has 164 valence electrons. The average Bonchev–Trinajstić information content (AvgIpc) is 2.70. The van der Waals surface area contributed by atoms with Crippen LogP contribution in [0.25, 0.3) is 10.8 Å². The average molecular weight is 419 g/mol. The Kier molecular flexibility index (Phi) is 7.44. The molecule has 1 heterocycles. The molecule has 0 unspecified atom stereocenters. The second-order valence-electron chi connectivity index (χ2n) is 7.41.